The summed E-state index contributed by atoms with van der Waals surface area (Å²) in [6, 6.07) is 17.2. The summed E-state index contributed by atoms with van der Waals surface area (Å²) in [6.07, 6.45) is 2.66. The topological polar surface area (TPSA) is 87.6 Å². The molecule has 162 valence electrons. The predicted molar refractivity (Wildman–Crippen MR) is 122 cm³/mol. The zero-order valence-electron chi connectivity index (χ0n) is 17.3. The van der Waals surface area contributed by atoms with Crippen LogP contribution in [0.25, 0.3) is 0 Å². The summed E-state index contributed by atoms with van der Waals surface area (Å²) < 4.78 is 5.63. The lowest BCUT2D eigenvalue weighted by molar-refractivity contribution is 0.0694. The molecule has 1 heterocycles. The smallest absolute Gasteiger partial charge is 0.339 e. The van der Waals surface area contributed by atoms with Crippen molar-refractivity contribution in [2.75, 3.05) is 37.0 Å². The Hall–Kier alpha value is -3.32. The molecule has 0 aliphatic heterocycles. The van der Waals surface area contributed by atoms with Gasteiger partial charge < -0.3 is 20.1 Å². The average Bonchev–Trinajstić information content (AvgIpc) is 2.78. The SMILES string of the molecule is CN(CCCc1nc(NCCOc2ccc(Cl)cc2)ncc1C(=O)O)c1ccccc1. The number of carboxylic acid groups (broad SMARTS) is 1. The number of aromatic carboxylic acids is 1. The molecule has 0 saturated heterocycles. The second kappa shape index (κ2) is 11.2. The highest BCUT2D eigenvalue weighted by atomic mass is 35.5. The number of carbonyl (C=O) groups is 1. The lowest BCUT2D eigenvalue weighted by Gasteiger charge is -2.19. The van der Waals surface area contributed by atoms with Crippen LogP contribution < -0.4 is 15.0 Å². The molecule has 0 aliphatic rings. The molecule has 1 aromatic heterocycles. The number of aryl methyl sites for hydroxylation is 1. The van der Waals surface area contributed by atoms with Crippen LogP contribution in [0, 0.1) is 0 Å². The van der Waals surface area contributed by atoms with Gasteiger partial charge in [-0.05, 0) is 49.2 Å². The Labute approximate surface area is 186 Å². The molecule has 0 unspecified atom stereocenters. The maximum atomic E-state index is 11.6. The van der Waals surface area contributed by atoms with Crippen molar-refractivity contribution in [3.8, 4) is 5.75 Å². The molecule has 0 fully saturated rings. The first kappa shape index (κ1) is 22.4. The summed E-state index contributed by atoms with van der Waals surface area (Å²) in [5.74, 6) is 0.0803. The summed E-state index contributed by atoms with van der Waals surface area (Å²) in [7, 11) is 2.01. The first-order valence-electron chi connectivity index (χ1n) is 10.0. The number of para-hydroxylation sites is 1. The first-order valence-corrected chi connectivity index (χ1v) is 10.4. The Morgan fingerprint density at radius 1 is 1.16 bits per heavy atom. The van der Waals surface area contributed by atoms with Gasteiger partial charge in [-0.15, -0.1) is 0 Å². The van der Waals surface area contributed by atoms with E-state index in [0.29, 0.717) is 36.2 Å². The molecule has 31 heavy (non-hydrogen) atoms. The van der Waals surface area contributed by atoms with Crippen LogP contribution in [0.5, 0.6) is 5.75 Å². The number of carboxylic acids is 1. The number of ether oxygens (including phenoxy) is 1. The number of hydrogen-bond donors (Lipinski definition) is 2. The van der Waals surface area contributed by atoms with Crippen LogP contribution in [0.2, 0.25) is 5.02 Å². The number of nitrogens with one attached hydrogen (secondary N) is 1. The maximum Gasteiger partial charge on any atom is 0.339 e. The Balaban J connectivity index is 1.53. The number of rotatable bonds is 11. The Morgan fingerprint density at radius 3 is 2.61 bits per heavy atom. The van der Waals surface area contributed by atoms with E-state index >= 15 is 0 Å². The summed E-state index contributed by atoms with van der Waals surface area (Å²) in [5, 5.41) is 13.2. The zero-order chi connectivity index (χ0) is 22.1. The zero-order valence-corrected chi connectivity index (χ0v) is 18.0. The van der Waals surface area contributed by atoms with E-state index in [1.54, 1.807) is 24.3 Å². The Morgan fingerprint density at radius 2 is 1.90 bits per heavy atom. The summed E-state index contributed by atoms with van der Waals surface area (Å²) in [4.78, 5) is 22.2. The van der Waals surface area contributed by atoms with Gasteiger partial charge in [0.25, 0.3) is 0 Å². The van der Waals surface area contributed by atoms with Gasteiger partial charge in [0.05, 0.1) is 17.8 Å². The molecule has 2 N–H and O–H groups in total. The Bertz CT molecular complexity index is 984. The third-order valence-corrected chi connectivity index (χ3v) is 4.92. The molecule has 0 saturated carbocycles. The second-order valence-electron chi connectivity index (χ2n) is 6.95. The molecule has 0 atom stereocenters. The fourth-order valence-corrected chi connectivity index (χ4v) is 3.16. The minimum Gasteiger partial charge on any atom is -0.492 e. The lowest BCUT2D eigenvalue weighted by Crippen LogP contribution is -2.20. The highest BCUT2D eigenvalue weighted by Gasteiger charge is 2.14. The van der Waals surface area contributed by atoms with Gasteiger partial charge in [-0.1, -0.05) is 29.8 Å². The molecule has 2 aromatic carbocycles. The maximum absolute atomic E-state index is 11.6. The van der Waals surface area contributed by atoms with Crippen LogP contribution in [0.4, 0.5) is 11.6 Å². The highest BCUT2D eigenvalue weighted by molar-refractivity contribution is 6.30. The highest BCUT2D eigenvalue weighted by Crippen LogP contribution is 2.16. The van der Waals surface area contributed by atoms with Crippen molar-refractivity contribution in [1.82, 2.24) is 9.97 Å². The molecule has 0 aliphatic carbocycles. The van der Waals surface area contributed by atoms with Crippen LogP contribution in [-0.4, -0.2) is 47.8 Å². The molecule has 3 rings (SSSR count). The van der Waals surface area contributed by atoms with Crippen molar-refractivity contribution in [3.05, 3.63) is 77.1 Å². The summed E-state index contributed by atoms with van der Waals surface area (Å²) in [5.41, 5.74) is 1.77. The van der Waals surface area contributed by atoms with Crippen LogP contribution in [-0.2, 0) is 6.42 Å². The van der Waals surface area contributed by atoms with Gasteiger partial charge in [0.2, 0.25) is 5.95 Å². The standard InChI is InChI=1S/C23H25ClN4O3/c1-28(18-6-3-2-4-7-18)14-5-8-21-20(22(29)30)16-26-23(27-21)25-13-15-31-19-11-9-17(24)10-12-19/h2-4,6-7,9-12,16H,5,8,13-15H2,1H3,(H,29,30)(H,25,26,27). The van der Waals surface area contributed by atoms with Gasteiger partial charge in [0.15, 0.2) is 0 Å². The van der Waals surface area contributed by atoms with E-state index in [1.807, 2.05) is 37.4 Å². The number of benzene rings is 2. The summed E-state index contributed by atoms with van der Waals surface area (Å²) >= 11 is 5.86. The fraction of sp³-hybridized carbons (Fsp3) is 0.261. The van der Waals surface area contributed by atoms with Gasteiger partial charge >= 0.3 is 5.97 Å². The number of halogens is 1. The Kier molecular flexibility index (Phi) is 8.06. The van der Waals surface area contributed by atoms with Crippen molar-refractivity contribution >= 4 is 29.2 Å². The normalized spacial score (nSPS) is 10.5. The largest absolute Gasteiger partial charge is 0.492 e. The van der Waals surface area contributed by atoms with Crippen molar-refractivity contribution in [2.24, 2.45) is 0 Å². The molecule has 0 spiro atoms. The van der Waals surface area contributed by atoms with Gasteiger partial charge in [-0.2, -0.15) is 0 Å². The van der Waals surface area contributed by atoms with Gasteiger partial charge in [-0.3, -0.25) is 0 Å². The van der Waals surface area contributed by atoms with Gasteiger partial charge in [-0.25, -0.2) is 14.8 Å². The molecule has 8 heteroatoms. The second-order valence-corrected chi connectivity index (χ2v) is 7.39. The van der Waals surface area contributed by atoms with E-state index in [1.165, 1.54) is 6.20 Å². The minimum atomic E-state index is -1.02. The monoisotopic (exact) mass is 440 g/mol. The third-order valence-electron chi connectivity index (χ3n) is 4.67. The van der Waals surface area contributed by atoms with E-state index in [4.69, 9.17) is 16.3 Å². The number of hydrogen-bond acceptors (Lipinski definition) is 6. The molecular formula is C23H25ClN4O3. The van der Waals surface area contributed by atoms with Crippen molar-refractivity contribution in [1.29, 1.82) is 0 Å². The lowest BCUT2D eigenvalue weighted by atomic mass is 10.1. The minimum absolute atomic E-state index is 0.130. The molecule has 0 radical (unpaired) electrons. The number of anilines is 2. The van der Waals surface area contributed by atoms with Gasteiger partial charge in [0, 0.05) is 30.5 Å². The predicted octanol–water partition coefficient (Wildman–Crippen LogP) is 4.39. The van der Waals surface area contributed by atoms with Crippen molar-refractivity contribution < 1.29 is 14.6 Å². The molecular weight excluding hydrogens is 416 g/mol. The van der Waals surface area contributed by atoms with Crippen molar-refractivity contribution in [2.45, 2.75) is 12.8 Å². The number of aromatic nitrogens is 2. The van der Waals surface area contributed by atoms with Crippen LogP contribution in [0.1, 0.15) is 22.5 Å². The fourth-order valence-electron chi connectivity index (χ4n) is 3.03. The van der Waals surface area contributed by atoms with E-state index in [-0.39, 0.29) is 5.56 Å². The number of nitrogens with zero attached hydrogens (tertiary/aromatic N) is 3. The van der Waals surface area contributed by atoms with Crippen LogP contribution in [0.3, 0.4) is 0 Å². The van der Waals surface area contributed by atoms with Crippen molar-refractivity contribution in [3.63, 3.8) is 0 Å². The van der Waals surface area contributed by atoms with E-state index in [2.05, 4.69) is 20.2 Å². The molecule has 7 nitrogen and oxygen atoms in total. The van der Waals surface area contributed by atoms with Gasteiger partial charge in [0.1, 0.15) is 12.4 Å². The third kappa shape index (κ3) is 6.86. The molecule has 0 bridgehead atoms. The summed E-state index contributed by atoms with van der Waals surface area (Å²) in [6.45, 7) is 1.67. The quantitative estimate of drug-likeness (QED) is 0.427. The molecule has 0 amide bonds. The van der Waals surface area contributed by atoms with E-state index in [0.717, 1.165) is 24.4 Å². The molecule has 3 aromatic rings. The van der Waals surface area contributed by atoms with Crippen LogP contribution in [0.15, 0.2) is 60.8 Å². The van der Waals surface area contributed by atoms with E-state index in [9.17, 15) is 9.90 Å². The average molecular weight is 441 g/mol. The van der Waals surface area contributed by atoms with Crippen LogP contribution >= 0.6 is 11.6 Å². The van der Waals surface area contributed by atoms with E-state index < -0.39 is 5.97 Å². The first-order chi connectivity index (χ1) is 15.0.